The third-order valence-electron chi connectivity index (χ3n) is 2.48. The molecule has 0 aliphatic heterocycles. The molecule has 1 amide bonds. The quantitative estimate of drug-likeness (QED) is 0.762. The summed E-state index contributed by atoms with van der Waals surface area (Å²) in [5.74, 6) is -0.238. The van der Waals surface area contributed by atoms with Crippen molar-refractivity contribution in [3.05, 3.63) is 69.2 Å². The highest BCUT2D eigenvalue weighted by atomic mass is 35.5. The van der Waals surface area contributed by atoms with Crippen LogP contribution in [-0.2, 0) is 4.79 Å². The summed E-state index contributed by atoms with van der Waals surface area (Å²) < 4.78 is 0. The van der Waals surface area contributed by atoms with Crippen LogP contribution in [0.2, 0.25) is 15.1 Å². The summed E-state index contributed by atoms with van der Waals surface area (Å²) in [6.07, 6.45) is 3.08. The predicted octanol–water partition coefficient (Wildman–Crippen LogP) is 5.30. The Morgan fingerprint density at radius 3 is 2.30 bits per heavy atom. The van der Waals surface area contributed by atoms with Crippen LogP contribution in [0.4, 0.5) is 5.69 Å². The van der Waals surface area contributed by atoms with Crippen molar-refractivity contribution in [3.63, 3.8) is 0 Å². The Bertz CT molecular complexity index is 651. The molecule has 0 saturated carbocycles. The Morgan fingerprint density at radius 2 is 1.65 bits per heavy atom. The van der Waals surface area contributed by atoms with E-state index in [1.54, 1.807) is 48.5 Å². The van der Waals surface area contributed by atoms with Crippen LogP contribution in [-0.4, -0.2) is 5.91 Å². The van der Waals surface area contributed by atoms with E-state index < -0.39 is 0 Å². The summed E-state index contributed by atoms with van der Waals surface area (Å²) in [7, 11) is 0. The zero-order chi connectivity index (χ0) is 14.5. The molecule has 0 spiro atoms. The molecule has 0 fully saturated rings. The minimum Gasteiger partial charge on any atom is -0.323 e. The second-order valence-electron chi connectivity index (χ2n) is 4.00. The predicted molar refractivity (Wildman–Crippen MR) is 85.6 cm³/mol. The van der Waals surface area contributed by atoms with Crippen LogP contribution < -0.4 is 5.32 Å². The summed E-state index contributed by atoms with van der Waals surface area (Å²) in [6.45, 7) is 0. The van der Waals surface area contributed by atoms with E-state index in [9.17, 15) is 4.79 Å². The molecule has 0 unspecified atom stereocenters. The van der Waals surface area contributed by atoms with E-state index in [-0.39, 0.29) is 5.91 Å². The SMILES string of the molecule is O=C(C=Cc1ccc(Cl)c(Cl)c1)Nc1ccc(Cl)cc1. The lowest BCUT2D eigenvalue weighted by atomic mass is 10.2. The third kappa shape index (κ3) is 4.27. The molecule has 0 aromatic heterocycles. The molecule has 0 aliphatic carbocycles. The minimum absolute atomic E-state index is 0.238. The van der Waals surface area contributed by atoms with Gasteiger partial charge in [-0.25, -0.2) is 0 Å². The molecule has 0 bridgehead atoms. The van der Waals surface area contributed by atoms with Crippen LogP contribution in [0.15, 0.2) is 48.5 Å². The fourth-order valence-corrected chi connectivity index (χ4v) is 1.94. The number of amides is 1. The second-order valence-corrected chi connectivity index (χ2v) is 5.25. The first-order chi connectivity index (χ1) is 9.54. The Hall–Kier alpha value is -1.48. The van der Waals surface area contributed by atoms with E-state index in [2.05, 4.69) is 5.32 Å². The first kappa shape index (κ1) is 14.9. The Morgan fingerprint density at radius 1 is 0.950 bits per heavy atom. The van der Waals surface area contributed by atoms with Gasteiger partial charge in [0.15, 0.2) is 0 Å². The van der Waals surface area contributed by atoms with Gasteiger partial charge in [-0.3, -0.25) is 4.79 Å². The molecule has 0 atom stereocenters. The van der Waals surface area contributed by atoms with Crippen molar-refractivity contribution >= 4 is 52.5 Å². The molecule has 5 heteroatoms. The van der Waals surface area contributed by atoms with Crippen LogP contribution >= 0.6 is 34.8 Å². The summed E-state index contributed by atoms with van der Waals surface area (Å²) in [5.41, 5.74) is 1.48. The van der Waals surface area contributed by atoms with Gasteiger partial charge in [-0.05, 0) is 48.0 Å². The summed E-state index contributed by atoms with van der Waals surface area (Å²) >= 11 is 17.5. The monoisotopic (exact) mass is 325 g/mol. The number of hydrogen-bond acceptors (Lipinski definition) is 1. The van der Waals surface area contributed by atoms with Crippen LogP contribution in [0.3, 0.4) is 0 Å². The molecule has 0 radical (unpaired) electrons. The highest BCUT2D eigenvalue weighted by Crippen LogP contribution is 2.23. The molecule has 2 aromatic carbocycles. The maximum atomic E-state index is 11.7. The Labute approximate surface area is 132 Å². The van der Waals surface area contributed by atoms with Crippen molar-refractivity contribution in [2.24, 2.45) is 0 Å². The second kappa shape index (κ2) is 6.80. The van der Waals surface area contributed by atoms with Crippen LogP contribution in [0.25, 0.3) is 6.08 Å². The Balaban J connectivity index is 2.01. The number of rotatable bonds is 3. The van der Waals surface area contributed by atoms with Gasteiger partial charge < -0.3 is 5.32 Å². The van der Waals surface area contributed by atoms with Gasteiger partial charge in [-0.2, -0.15) is 0 Å². The molecular weight excluding hydrogens is 317 g/mol. The number of carbonyl (C=O) groups excluding carboxylic acids is 1. The fraction of sp³-hybridized carbons (Fsp3) is 0. The number of nitrogens with one attached hydrogen (secondary N) is 1. The highest BCUT2D eigenvalue weighted by molar-refractivity contribution is 6.42. The maximum absolute atomic E-state index is 11.7. The average molecular weight is 327 g/mol. The normalized spacial score (nSPS) is 10.8. The van der Waals surface area contributed by atoms with Gasteiger partial charge in [0.1, 0.15) is 0 Å². The van der Waals surface area contributed by atoms with Crippen molar-refractivity contribution in [3.8, 4) is 0 Å². The molecule has 0 saturated heterocycles. The number of halogens is 3. The van der Waals surface area contributed by atoms with Crippen LogP contribution in [0, 0.1) is 0 Å². The van der Waals surface area contributed by atoms with Gasteiger partial charge in [0.2, 0.25) is 5.91 Å². The lowest BCUT2D eigenvalue weighted by Crippen LogP contribution is -2.07. The molecule has 102 valence electrons. The van der Waals surface area contributed by atoms with Crippen molar-refractivity contribution in [1.29, 1.82) is 0 Å². The topological polar surface area (TPSA) is 29.1 Å². The van der Waals surface area contributed by atoms with Gasteiger partial charge in [0.05, 0.1) is 10.0 Å². The van der Waals surface area contributed by atoms with Crippen molar-refractivity contribution in [2.45, 2.75) is 0 Å². The van der Waals surface area contributed by atoms with E-state index in [0.29, 0.717) is 20.8 Å². The third-order valence-corrected chi connectivity index (χ3v) is 3.47. The van der Waals surface area contributed by atoms with E-state index in [0.717, 1.165) is 5.56 Å². The summed E-state index contributed by atoms with van der Waals surface area (Å²) in [4.78, 5) is 11.7. The van der Waals surface area contributed by atoms with Crippen molar-refractivity contribution in [2.75, 3.05) is 5.32 Å². The van der Waals surface area contributed by atoms with Crippen LogP contribution in [0.1, 0.15) is 5.56 Å². The van der Waals surface area contributed by atoms with E-state index >= 15 is 0 Å². The first-order valence-corrected chi connectivity index (χ1v) is 6.88. The van der Waals surface area contributed by atoms with E-state index in [1.807, 2.05) is 0 Å². The number of carbonyl (C=O) groups is 1. The molecule has 2 nitrogen and oxygen atoms in total. The average Bonchev–Trinajstić information content (AvgIpc) is 2.43. The zero-order valence-electron chi connectivity index (χ0n) is 10.2. The van der Waals surface area contributed by atoms with Gasteiger partial charge in [-0.15, -0.1) is 0 Å². The number of anilines is 1. The maximum Gasteiger partial charge on any atom is 0.248 e. The van der Waals surface area contributed by atoms with Crippen molar-refractivity contribution in [1.82, 2.24) is 0 Å². The largest absolute Gasteiger partial charge is 0.323 e. The minimum atomic E-state index is -0.238. The van der Waals surface area contributed by atoms with Crippen molar-refractivity contribution < 1.29 is 4.79 Å². The number of benzene rings is 2. The van der Waals surface area contributed by atoms with Gasteiger partial charge in [0, 0.05) is 16.8 Å². The number of hydrogen-bond donors (Lipinski definition) is 1. The Kier molecular flexibility index (Phi) is 5.07. The summed E-state index contributed by atoms with van der Waals surface area (Å²) in [6, 6.07) is 12.0. The smallest absolute Gasteiger partial charge is 0.248 e. The standard InChI is InChI=1S/C15H10Cl3NO/c16-11-3-5-12(6-4-11)19-15(20)8-2-10-1-7-13(17)14(18)9-10/h1-9H,(H,19,20). The van der Waals surface area contributed by atoms with Gasteiger partial charge in [-0.1, -0.05) is 40.9 Å². The molecule has 2 rings (SSSR count). The molecule has 20 heavy (non-hydrogen) atoms. The van der Waals surface area contributed by atoms with E-state index in [4.69, 9.17) is 34.8 Å². The molecule has 0 heterocycles. The summed E-state index contributed by atoms with van der Waals surface area (Å²) in [5, 5.41) is 4.27. The molecule has 1 N–H and O–H groups in total. The lowest BCUT2D eigenvalue weighted by Gasteiger charge is -2.02. The van der Waals surface area contributed by atoms with Gasteiger partial charge in [0.25, 0.3) is 0 Å². The molecular formula is C15H10Cl3NO. The van der Waals surface area contributed by atoms with Crippen LogP contribution in [0.5, 0.6) is 0 Å². The molecule has 0 aliphatic rings. The lowest BCUT2D eigenvalue weighted by molar-refractivity contribution is -0.111. The first-order valence-electron chi connectivity index (χ1n) is 5.74. The van der Waals surface area contributed by atoms with E-state index in [1.165, 1.54) is 6.08 Å². The van der Waals surface area contributed by atoms with Gasteiger partial charge >= 0.3 is 0 Å². The zero-order valence-corrected chi connectivity index (χ0v) is 12.5. The fourth-order valence-electron chi connectivity index (χ4n) is 1.51. The molecule has 2 aromatic rings. The highest BCUT2D eigenvalue weighted by Gasteiger charge is 1.99.